The second-order valence-electron chi connectivity index (χ2n) is 3.27. The summed E-state index contributed by atoms with van der Waals surface area (Å²) in [5.74, 6) is -0.842. The van der Waals surface area contributed by atoms with Crippen molar-refractivity contribution in [2.45, 2.75) is 12.5 Å². The van der Waals surface area contributed by atoms with Crippen LogP contribution in [0.2, 0.25) is 0 Å². The molecule has 0 radical (unpaired) electrons. The Hall–Kier alpha value is -1.63. The molecule has 1 amide bonds. The highest BCUT2D eigenvalue weighted by atomic mass is 32.2. The molecule has 0 spiro atoms. The molecule has 1 unspecified atom stereocenters. The molecule has 1 aromatic heterocycles. The molecule has 1 aromatic rings. The molecule has 1 rings (SSSR count). The lowest BCUT2D eigenvalue weighted by Crippen LogP contribution is -2.41. The molecule has 0 fully saturated rings. The van der Waals surface area contributed by atoms with Gasteiger partial charge >= 0.3 is 5.97 Å². The molecular weight excluding hydrogens is 242 g/mol. The molecule has 0 aliphatic carbocycles. The maximum atomic E-state index is 11.7. The van der Waals surface area contributed by atoms with Crippen molar-refractivity contribution < 1.29 is 14.7 Å². The molecule has 1 atom stereocenters. The van der Waals surface area contributed by atoms with Gasteiger partial charge in [0.15, 0.2) is 0 Å². The topological polar surface area (TPSA) is 92.2 Å². The van der Waals surface area contributed by atoms with E-state index in [9.17, 15) is 9.59 Å². The summed E-state index contributed by atoms with van der Waals surface area (Å²) in [7, 11) is 0. The Balaban J connectivity index is 2.61. The van der Waals surface area contributed by atoms with E-state index in [-0.39, 0.29) is 5.56 Å². The number of carbonyl (C=O) groups is 2. The van der Waals surface area contributed by atoms with E-state index in [0.29, 0.717) is 12.2 Å². The van der Waals surface area contributed by atoms with Crippen molar-refractivity contribution in [3.63, 3.8) is 0 Å². The number of carboxylic acid groups (broad SMARTS) is 1. The van der Waals surface area contributed by atoms with Crippen LogP contribution in [0.5, 0.6) is 0 Å². The largest absolute Gasteiger partial charge is 0.480 e. The SMILES string of the molecule is CSCCC(NC(=O)c1cncnc1)C(=O)O. The summed E-state index contributed by atoms with van der Waals surface area (Å²) in [5.41, 5.74) is 0.253. The Morgan fingerprint density at radius 3 is 2.65 bits per heavy atom. The molecule has 0 saturated carbocycles. The van der Waals surface area contributed by atoms with E-state index in [0.717, 1.165) is 0 Å². The van der Waals surface area contributed by atoms with E-state index in [1.54, 1.807) is 0 Å². The summed E-state index contributed by atoms with van der Waals surface area (Å²) in [6, 6.07) is -0.879. The van der Waals surface area contributed by atoms with Crippen LogP contribution in [0.15, 0.2) is 18.7 Å². The van der Waals surface area contributed by atoms with Gasteiger partial charge in [0.1, 0.15) is 12.4 Å². The molecule has 17 heavy (non-hydrogen) atoms. The Morgan fingerprint density at radius 2 is 2.12 bits per heavy atom. The fraction of sp³-hybridized carbons (Fsp3) is 0.400. The zero-order valence-corrected chi connectivity index (χ0v) is 10.1. The first-order valence-corrected chi connectivity index (χ1v) is 6.32. The minimum Gasteiger partial charge on any atom is -0.480 e. The second kappa shape index (κ2) is 6.85. The molecule has 0 aliphatic heterocycles. The van der Waals surface area contributed by atoms with Crippen LogP contribution in [0, 0.1) is 0 Å². The standard InChI is InChI=1S/C10H13N3O3S/c1-17-3-2-8(10(15)16)13-9(14)7-4-11-6-12-5-7/h4-6,8H,2-3H2,1H3,(H,13,14)(H,15,16). The van der Waals surface area contributed by atoms with Crippen molar-refractivity contribution in [1.29, 1.82) is 0 Å². The molecule has 2 N–H and O–H groups in total. The Bertz CT molecular complexity index is 386. The van der Waals surface area contributed by atoms with E-state index in [4.69, 9.17) is 5.11 Å². The molecule has 0 aliphatic rings. The van der Waals surface area contributed by atoms with Crippen LogP contribution in [0.25, 0.3) is 0 Å². The summed E-state index contributed by atoms with van der Waals surface area (Å²) >= 11 is 1.53. The normalized spacial score (nSPS) is 11.8. The third-order valence-corrected chi connectivity index (χ3v) is 2.68. The lowest BCUT2D eigenvalue weighted by atomic mass is 10.2. The zero-order valence-electron chi connectivity index (χ0n) is 9.29. The first-order valence-electron chi connectivity index (χ1n) is 4.92. The van der Waals surface area contributed by atoms with Gasteiger partial charge in [-0.2, -0.15) is 11.8 Å². The number of nitrogens with one attached hydrogen (secondary N) is 1. The van der Waals surface area contributed by atoms with Crippen molar-refractivity contribution in [3.05, 3.63) is 24.3 Å². The predicted molar refractivity (Wildman–Crippen MR) is 63.9 cm³/mol. The van der Waals surface area contributed by atoms with Gasteiger partial charge in [-0.25, -0.2) is 14.8 Å². The second-order valence-corrected chi connectivity index (χ2v) is 4.26. The smallest absolute Gasteiger partial charge is 0.326 e. The number of carboxylic acids is 1. The fourth-order valence-electron chi connectivity index (χ4n) is 1.15. The van der Waals surface area contributed by atoms with Crippen LogP contribution in [-0.2, 0) is 4.79 Å². The van der Waals surface area contributed by atoms with Gasteiger partial charge in [-0.1, -0.05) is 0 Å². The number of carbonyl (C=O) groups excluding carboxylic acids is 1. The van der Waals surface area contributed by atoms with Crippen molar-refractivity contribution in [2.24, 2.45) is 0 Å². The van der Waals surface area contributed by atoms with Crippen molar-refractivity contribution >= 4 is 23.6 Å². The lowest BCUT2D eigenvalue weighted by Gasteiger charge is -2.13. The molecular formula is C10H13N3O3S. The molecule has 0 saturated heterocycles. The van der Waals surface area contributed by atoms with Crippen molar-refractivity contribution in [2.75, 3.05) is 12.0 Å². The summed E-state index contributed by atoms with van der Waals surface area (Å²) in [6.07, 6.45) is 6.26. The lowest BCUT2D eigenvalue weighted by molar-refractivity contribution is -0.139. The number of aromatic nitrogens is 2. The molecule has 0 aromatic carbocycles. The van der Waals surface area contributed by atoms with Crippen LogP contribution in [0.3, 0.4) is 0 Å². The first-order chi connectivity index (χ1) is 8.15. The highest BCUT2D eigenvalue weighted by Crippen LogP contribution is 2.02. The Labute approximate surface area is 103 Å². The Kier molecular flexibility index (Phi) is 5.41. The van der Waals surface area contributed by atoms with Crippen LogP contribution < -0.4 is 5.32 Å². The van der Waals surface area contributed by atoms with E-state index in [2.05, 4.69) is 15.3 Å². The minimum absolute atomic E-state index is 0.253. The average Bonchev–Trinajstić information content (AvgIpc) is 2.35. The number of aliphatic carboxylic acids is 1. The molecule has 1 heterocycles. The number of thioether (sulfide) groups is 1. The maximum absolute atomic E-state index is 11.7. The number of hydrogen-bond donors (Lipinski definition) is 2. The van der Waals surface area contributed by atoms with Gasteiger partial charge < -0.3 is 10.4 Å². The number of hydrogen-bond acceptors (Lipinski definition) is 5. The maximum Gasteiger partial charge on any atom is 0.326 e. The fourth-order valence-corrected chi connectivity index (χ4v) is 1.62. The van der Waals surface area contributed by atoms with Gasteiger partial charge in [-0.05, 0) is 18.4 Å². The molecule has 0 bridgehead atoms. The quantitative estimate of drug-likeness (QED) is 0.765. The summed E-state index contributed by atoms with van der Waals surface area (Å²) in [5, 5.41) is 11.4. The first kappa shape index (κ1) is 13.4. The van der Waals surface area contributed by atoms with Gasteiger partial charge in [0.25, 0.3) is 5.91 Å². The molecule has 92 valence electrons. The summed E-state index contributed by atoms with van der Waals surface area (Å²) in [4.78, 5) is 30.0. The predicted octanol–water partition coefficient (Wildman–Crippen LogP) is 0.413. The van der Waals surface area contributed by atoms with E-state index in [1.807, 2.05) is 6.26 Å². The van der Waals surface area contributed by atoms with E-state index in [1.165, 1.54) is 30.5 Å². The van der Waals surface area contributed by atoms with E-state index >= 15 is 0 Å². The van der Waals surface area contributed by atoms with Crippen LogP contribution >= 0.6 is 11.8 Å². The van der Waals surface area contributed by atoms with Gasteiger partial charge in [0.2, 0.25) is 0 Å². The minimum atomic E-state index is -1.04. The van der Waals surface area contributed by atoms with Gasteiger partial charge in [0, 0.05) is 12.4 Å². The number of rotatable bonds is 6. The summed E-state index contributed by atoms with van der Waals surface area (Å²) < 4.78 is 0. The monoisotopic (exact) mass is 255 g/mol. The Morgan fingerprint density at radius 1 is 1.47 bits per heavy atom. The molecule has 6 nitrogen and oxygen atoms in total. The zero-order chi connectivity index (χ0) is 12.7. The van der Waals surface area contributed by atoms with Crippen LogP contribution in [0.4, 0.5) is 0 Å². The highest BCUT2D eigenvalue weighted by Gasteiger charge is 2.20. The molecule has 7 heteroatoms. The third-order valence-electron chi connectivity index (χ3n) is 2.04. The average molecular weight is 255 g/mol. The van der Waals surface area contributed by atoms with Gasteiger partial charge in [-0.15, -0.1) is 0 Å². The van der Waals surface area contributed by atoms with E-state index < -0.39 is 17.9 Å². The van der Waals surface area contributed by atoms with Gasteiger partial charge in [0.05, 0.1) is 5.56 Å². The summed E-state index contributed by atoms with van der Waals surface area (Å²) in [6.45, 7) is 0. The number of nitrogens with zero attached hydrogens (tertiary/aromatic N) is 2. The van der Waals surface area contributed by atoms with Crippen molar-refractivity contribution in [3.8, 4) is 0 Å². The van der Waals surface area contributed by atoms with Crippen LogP contribution in [-0.4, -0.2) is 45.0 Å². The van der Waals surface area contributed by atoms with Gasteiger partial charge in [-0.3, -0.25) is 4.79 Å². The van der Waals surface area contributed by atoms with Crippen LogP contribution in [0.1, 0.15) is 16.8 Å². The third kappa shape index (κ3) is 4.39. The van der Waals surface area contributed by atoms with Crippen molar-refractivity contribution in [1.82, 2.24) is 15.3 Å². The number of amides is 1. The highest BCUT2D eigenvalue weighted by molar-refractivity contribution is 7.98.